The molecule has 1 saturated carbocycles. The molecule has 1 aromatic heterocycles. The number of nitrogens with zero attached hydrogens (tertiary/aromatic N) is 1. The Morgan fingerprint density at radius 3 is 2.81 bits per heavy atom. The minimum atomic E-state index is -0.888. The van der Waals surface area contributed by atoms with Crippen LogP contribution in [0.1, 0.15) is 38.3 Å². The number of amides is 1. The van der Waals surface area contributed by atoms with E-state index in [1.54, 1.807) is 5.38 Å². The smallest absolute Gasteiger partial charge is 0.309 e. The molecular formula is C14H20N2O3S2. The zero-order valence-corrected chi connectivity index (χ0v) is 13.6. The molecule has 21 heavy (non-hydrogen) atoms. The van der Waals surface area contributed by atoms with Gasteiger partial charge in [0, 0.05) is 11.4 Å². The maximum absolute atomic E-state index is 11.9. The zero-order valence-electron chi connectivity index (χ0n) is 12.0. The summed E-state index contributed by atoms with van der Waals surface area (Å²) < 4.78 is 0.749. The third-order valence-corrected chi connectivity index (χ3v) is 5.64. The molecule has 0 spiro atoms. The van der Waals surface area contributed by atoms with E-state index in [1.165, 1.54) is 35.9 Å². The first-order valence-corrected chi connectivity index (χ1v) is 8.98. The fourth-order valence-electron chi connectivity index (χ4n) is 2.39. The third-order valence-electron chi connectivity index (χ3n) is 3.57. The first-order chi connectivity index (χ1) is 10.0. The predicted octanol–water partition coefficient (Wildman–Crippen LogP) is 2.56. The number of carboxylic acids is 1. The fourth-order valence-corrected chi connectivity index (χ4v) is 4.05. The van der Waals surface area contributed by atoms with Crippen molar-refractivity contribution in [3.8, 4) is 0 Å². The summed E-state index contributed by atoms with van der Waals surface area (Å²) in [7, 11) is 0. The molecule has 0 unspecified atom stereocenters. The lowest BCUT2D eigenvalue weighted by molar-refractivity contribution is -0.136. The number of rotatable bonds is 6. The molecule has 1 aliphatic rings. The fraction of sp³-hybridized carbons (Fsp3) is 0.643. The van der Waals surface area contributed by atoms with Crippen LogP contribution in [0.2, 0.25) is 0 Å². The van der Waals surface area contributed by atoms with Crippen molar-refractivity contribution in [2.45, 2.75) is 49.4 Å². The van der Waals surface area contributed by atoms with Crippen LogP contribution in [0.3, 0.4) is 0 Å². The van der Waals surface area contributed by atoms with Gasteiger partial charge in [0.25, 0.3) is 0 Å². The number of aliphatic carboxylic acids is 1. The molecule has 2 rings (SSSR count). The maximum atomic E-state index is 11.9. The van der Waals surface area contributed by atoms with E-state index in [1.807, 2.05) is 0 Å². The van der Waals surface area contributed by atoms with E-state index >= 15 is 0 Å². The lowest BCUT2D eigenvalue weighted by Gasteiger charge is -2.26. The van der Waals surface area contributed by atoms with Crippen LogP contribution in [-0.2, 0) is 16.0 Å². The van der Waals surface area contributed by atoms with Crippen LogP contribution in [0.4, 0.5) is 0 Å². The highest BCUT2D eigenvalue weighted by Gasteiger charge is 2.19. The van der Waals surface area contributed by atoms with Crippen molar-refractivity contribution in [3.05, 3.63) is 11.1 Å². The van der Waals surface area contributed by atoms with E-state index in [2.05, 4.69) is 17.2 Å². The Balaban J connectivity index is 1.71. The van der Waals surface area contributed by atoms with Gasteiger partial charge in [0.05, 0.1) is 17.9 Å². The van der Waals surface area contributed by atoms with Crippen molar-refractivity contribution in [2.24, 2.45) is 5.92 Å². The van der Waals surface area contributed by atoms with Gasteiger partial charge < -0.3 is 10.4 Å². The first kappa shape index (κ1) is 16.3. The van der Waals surface area contributed by atoms with Gasteiger partial charge in [-0.3, -0.25) is 9.59 Å². The molecule has 0 atom stereocenters. The number of nitrogens with one attached hydrogen (secondary N) is 1. The Bertz CT molecular complexity index is 496. The molecule has 0 bridgehead atoms. The van der Waals surface area contributed by atoms with Gasteiger partial charge in [0.1, 0.15) is 0 Å². The van der Waals surface area contributed by atoms with Crippen LogP contribution in [-0.4, -0.2) is 33.8 Å². The summed E-state index contributed by atoms with van der Waals surface area (Å²) in [5.41, 5.74) is 0.552. The van der Waals surface area contributed by atoms with E-state index in [4.69, 9.17) is 5.11 Å². The number of aromatic nitrogens is 1. The molecule has 1 aromatic rings. The molecule has 1 fully saturated rings. The molecule has 0 saturated heterocycles. The van der Waals surface area contributed by atoms with E-state index in [-0.39, 0.29) is 12.3 Å². The molecule has 116 valence electrons. The second-order valence-corrected chi connectivity index (χ2v) is 7.57. The van der Waals surface area contributed by atoms with Crippen molar-refractivity contribution in [2.75, 3.05) is 5.75 Å². The van der Waals surface area contributed by atoms with E-state index in [9.17, 15) is 9.59 Å². The molecule has 1 amide bonds. The topological polar surface area (TPSA) is 79.3 Å². The Morgan fingerprint density at radius 1 is 1.43 bits per heavy atom. The second-order valence-electron chi connectivity index (χ2n) is 5.49. The van der Waals surface area contributed by atoms with Gasteiger partial charge in [-0.1, -0.05) is 18.7 Å². The number of carbonyl (C=O) groups is 2. The molecular weight excluding hydrogens is 308 g/mol. The SMILES string of the molecule is CC1CCC(NC(=O)CSc2nc(CC(=O)O)cs2)CC1. The molecule has 5 nitrogen and oxygen atoms in total. The average molecular weight is 328 g/mol. The first-order valence-electron chi connectivity index (χ1n) is 7.11. The Labute approximate surface area is 132 Å². The standard InChI is InChI=1S/C14H20N2O3S2/c1-9-2-4-10(5-3-9)15-12(17)8-21-14-16-11(7-20-14)6-13(18)19/h7,9-10H,2-6,8H2,1H3,(H,15,17)(H,18,19). The van der Waals surface area contributed by atoms with Crippen molar-refractivity contribution in [1.82, 2.24) is 10.3 Å². The molecule has 0 radical (unpaired) electrons. The van der Waals surface area contributed by atoms with Gasteiger partial charge in [-0.15, -0.1) is 11.3 Å². The number of hydrogen-bond acceptors (Lipinski definition) is 5. The summed E-state index contributed by atoms with van der Waals surface area (Å²) in [5, 5.41) is 13.5. The zero-order chi connectivity index (χ0) is 15.2. The maximum Gasteiger partial charge on any atom is 0.309 e. The van der Waals surface area contributed by atoms with Gasteiger partial charge >= 0.3 is 5.97 Å². The summed E-state index contributed by atoms with van der Waals surface area (Å²) in [6.45, 7) is 2.26. The Kier molecular flexibility index (Phi) is 6.05. The number of carboxylic acid groups (broad SMARTS) is 1. The van der Waals surface area contributed by atoms with Crippen molar-refractivity contribution >= 4 is 35.0 Å². The molecule has 7 heteroatoms. The Hall–Kier alpha value is -1.08. The summed E-state index contributed by atoms with van der Waals surface area (Å²) in [6, 6.07) is 0.313. The van der Waals surface area contributed by atoms with Crippen molar-refractivity contribution in [1.29, 1.82) is 0 Å². The van der Waals surface area contributed by atoms with Crippen LogP contribution in [0, 0.1) is 5.92 Å². The summed E-state index contributed by atoms with van der Waals surface area (Å²) in [4.78, 5) is 26.7. The minimum absolute atomic E-state index is 0.0366. The largest absolute Gasteiger partial charge is 0.481 e. The van der Waals surface area contributed by atoms with Gasteiger partial charge in [0.2, 0.25) is 5.91 Å². The van der Waals surface area contributed by atoms with Crippen molar-refractivity contribution < 1.29 is 14.7 Å². The molecule has 0 aliphatic heterocycles. The number of thiazole rings is 1. The predicted molar refractivity (Wildman–Crippen MR) is 83.7 cm³/mol. The number of hydrogen-bond donors (Lipinski definition) is 2. The van der Waals surface area contributed by atoms with E-state index in [0.29, 0.717) is 17.5 Å². The monoisotopic (exact) mass is 328 g/mol. The third kappa shape index (κ3) is 5.67. The number of carbonyl (C=O) groups excluding carboxylic acids is 1. The van der Waals surface area contributed by atoms with Crippen LogP contribution >= 0.6 is 23.1 Å². The normalized spacial score (nSPS) is 22.0. The molecule has 1 aliphatic carbocycles. The van der Waals surface area contributed by atoms with Crippen LogP contribution in [0.5, 0.6) is 0 Å². The minimum Gasteiger partial charge on any atom is -0.481 e. The van der Waals surface area contributed by atoms with Gasteiger partial charge in [-0.05, 0) is 31.6 Å². The highest BCUT2D eigenvalue weighted by atomic mass is 32.2. The lowest BCUT2D eigenvalue weighted by atomic mass is 9.87. The highest BCUT2D eigenvalue weighted by Crippen LogP contribution is 2.25. The Morgan fingerprint density at radius 2 is 2.14 bits per heavy atom. The van der Waals surface area contributed by atoms with E-state index < -0.39 is 5.97 Å². The van der Waals surface area contributed by atoms with Crippen LogP contribution in [0.25, 0.3) is 0 Å². The second kappa shape index (κ2) is 7.79. The lowest BCUT2D eigenvalue weighted by Crippen LogP contribution is -2.38. The molecule has 1 heterocycles. The van der Waals surface area contributed by atoms with Gasteiger partial charge in [-0.2, -0.15) is 0 Å². The quantitative estimate of drug-likeness (QED) is 0.785. The van der Waals surface area contributed by atoms with Gasteiger partial charge in [0.15, 0.2) is 4.34 Å². The average Bonchev–Trinajstić information content (AvgIpc) is 2.86. The summed E-state index contributed by atoms with van der Waals surface area (Å²) in [6.07, 6.45) is 4.44. The summed E-state index contributed by atoms with van der Waals surface area (Å²) >= 11 is 2.76. The highest BCUT2D eigenvalue weighted by molar-refractivity contribution is 8.01. The van der Waals surface area contributed by atoms with Crippen LogP contribution < -0.4 is 5.32 Å². The van der Waals surface area contributed by atoms with Gasteiger partial charge in [-0.25, -0.2) is 4.98 Å². The molecule has 0 aromatic carbocycles. The molecule has 2 N–H and O–H groups in total. The van der Waals surface area contributed by atoms with E-state index in [0.717, 1.165) is 23.1 Å². The van der Waals surface area contributed by atoms with Crippen LogP contribution in [0.15, 0.2) is 9.72 Å². The van der Waals surface area contributed by atoms with Crippen molar-refractivity contribution in [3.63, 3.8) is 0 Å². The summed E-state index contributed by atoms with van der Waals surface area (Å²) in [5.74, 6) is 0.262. The number of thioether (sulfide) groups is 1.